The van der Waals surface area contributed by atoms with Crippen LogP contribution in [0.3, 0.4) is 0 Å². The lowest BCUT2D eigenvalue weighted by Crippen LogP contribution is -2.28. The van der Waals surface area contributed by atoms with Crippen molar-refractivity contribution >= 4 is 49.6 Å². The zero-order valence-electron chi connectivity index (χ0n) is 16.2. The predicted octanol–water partition coefficient (Wildman–Crippen LogP) is 3.65. The topological polar surface area (TPSA) is 113 Å². The molecule has 0 aliphatic rings. The van der Waals surface area contributed by atoms with Crippen LogP contribution in [0.5, 0.6) is 0 Å². The Kier molecular flexibility index (Phi) is 4.96. The summed E-state index contributed by atoms with van der Waals surface area (Å²) in [6.45, 7) is 2.37. The summed E-state index contributed by atoms with van der Waals surface area (Å²) in [6.07, 6.45) is 1.33. The fourth-order valence-electron chi connectivity index (χ4n) is 3.28. The molecule has 2 heterocycles. The van der Waals surface area contributed by atoms with Crippen LogP contribution >= 0.6 is 11.3 Å². The van der Waals surface area contributed by atoms with Crippen LogP contribution in [0.2, 0.25) is 0 Å². The second-order valence-corrected chi connectivity index (χ2v) is 7.74. The third kappa shape index (κ3) is 3.50. The zero-order chi connectivity index (χ0) is 21.4. The van der Waals surface area contributed by atoms with E-state index in [9.17, 15) is 19.5 Å². The molecule has 0 saturated heterocycles. The molecule has 3 N–H and O–H groups in total. The highest BCUT2D eigenvalue weighted by molar-refractivity contribution is 7.22. The number of amides is 2. The Morgan fingerprint density at radius 2 is 1.90 bits per heavy atom. The molecule has 152 valence electrons. The molecule has 2 aromatic heterocycles. The van der Waals surface area contributed by atoms with Gasteiger partial charge in [-0.1, -0.05) is 23.5 Å². The van der Waals surface area contributed by atoms with Crippen molar-refractivity contribution in [3.63, 3.8) is 0 Å². The van der Waals surface area contributed by atoms with E-state index in [0.29, 0.717) is 22.6 Å². The highest BCUT2D eigenvalue weighted by Crippen LogP contribution is 2.31. The van der Waals surface area contributed by atoms with Gasteiger partial charge in [-0.15, -0.1) is 0 Å². The van der Waals surface area contributed by atoms with Crippen molar-refractivity contribution in [2.45, 2.75) is 6.92 Å². The first-order valence-electron chi connectivity index (χ1n) is 9.20. The van der Waals surface area contributed by atoms with Crippen molar-refractivity contribution in [2.75, 3.05) is 11.9 Å². The SMILES string of the molecule is CCNC(=O)Nc1nc2cc(-c3ccc4c(=O)c(C(=O)O)cn(C)c4c3)ccc2s1. The molecule has 8 nitrogen and oxygen atoms in total. The van der Waals surface area contributed by atoms with Crippen LogP contribution in [0.1, 0.15) is 17.3 Å². The van der Waals surface area contributed by atoms with Crippen LogP contribution in [0.15, 0.2) is 47.4 Å². The number of carbonyl (C=O) groups is 2. The first-order chi connectivity index (χ1) is 14.4. The Morgan fingerprint density at radius 1 is 1.17 bits per heavy atom. The van der Waals surface area contributed by atoms with E-state index in [4.69, 9.17) is 0 Å². The smallest absolute Gasteiger partial charge is 0.341 e. The number of benzene rings is 2. The molecular weight excluding hydrogens is 404 g/mol. The molecule has 2 aromatic carbocycles. The predicted molar refractivity (Wildman–Crippen MR) is 117 cm³/mol. The van der Waals surface area contributed by atoms with E-state index in [1.165, 1.54) is 17.5 Å². The number of urea groups is 1. The molecule has 0 radical (unpaired) electrons. The highest BCUT2D eigenvalue weighted by atomic mass is 32.1. The normalized spacial score (nSPS) is 11.0. The first kappa shape index (κ1) is 19.6. The molecular formula is C21H18N4O4S. The summed E-state index contributed by atoms with van der Waals surface area (Å²) in [6, 6.07) is 10.8. The number of fused-ring (bicyclic) bond motifs is 2. The number of anilines is 1. The average molecular weight is 422 g/mol. The molecule has 0 atom stereocenters. The Labute approximate surface area is 174 Å². The monoisotopic (exact) mass is 422 g/mol. The number of pyridine rings is 1. The number of aromatic carboxylic acids is 1. The fraction of sp³-hybridized carbons (Fsp3) is 0.143. The molecule has 0 fully saturated rings. The minimum Gasteiger partial charge on any atom is -0.477 e. The lowest BCUT2D eigenvalue weighted by atomic mass is 10.0. The van der Waals surface area contributed by atoms with E-state index in [1.54, 1.807) is 23.7 Å². The van der Waals surface area contributed by atoms with Gasteiger partial charge in [0.2, 0.25) is 5.43 Å². The van der Waals surface area contributed by atoms with Crippen molar-refractivity contribution in [1.82, 2.24) is 14.9 Å². The molecule has 0 bridgehead atoms. The fourth-order valence-corrected chi connectivity index (χ4v) is 4.12. The number of aromatic nitrogens is 2. The second kappa shape index (κ2) is 7.60. The molecule has 0 unspecified atom stereocenters. The van der Waals surface area contributed by atoms with E-state index in [2.05, 4.69) is 15.6 Å². The number of hydrogen-bond donors (Lipinski definition) is 3. The van der Waals surface area contributed by atoms with E-state index in [-0.39, 0.29) is 11.6 Å². The lowest BCUT2D eigenvalue weighted by Gasteiger charge is -2.09. The molecule has 30 heavy (non-hydrogen) atoms. The van der Waals surface area contributed by atoms with Gasteiger partial charge in [-0.05, 0) is 42.3 Å². The van der Waals surface area contributed by atoms with Gasteiger partial charge < -0.3 is 15.0 Å². The van der Waals surface area contributed by atoms with Crippen LogP contribution < -0.4 is 16.1 Å². The molecule has 2 amide bonds. The molecule has 0 aliphatic heterocycles. The van der Waals surface area contributed by atoms with E-state index in [1.807, 2.05) is 31.2 Å². The molecule has 0 spiro atoms. The quantitative estimate of drug-likeness (QED) is 0.465. The first-order valence-corrected chi connectivity index (χ1v) is 10.0. The van der Waals surface area contributed by atoms with Gasteiger partial charge in [0.25, 0.3) is 0 Å². The number of carbonyl (C=O) groups excluding carboxylic acids is 1. The van der Waals surface area contributed by atoms with Crippen LogP contribution in [-0.2, 0) is 7.05 Å². The van der Waals surface area contributed by atoms with Gasteiger partial charge in [0.05, 0.1) is 15.7 Å². The minimum absolute atomic E-state index is 0.256. The van der Waals surface area contributed by atoms with Crippen LogP contribution in [0.25, 0.3) is 32.2 Å². The summed E-state index contributed by atoms with van der Waals surface area (Å²) in [7, 11) is 1.71. The van der Waals surface area contributed by atoms with E-state index in [0.717, 1.165) is 21.3 Å². The molecule has 0 aliphatic carbocycles. The molecule has 9 heteroatoms. The summed E-state index contributed by atoms with van der Waals surface area (Å²) in [5, 5.41) is 15.5. The number of nitrogens with one attached hydrogen (secondary N) is 2. The van der Waals surface area contributed by atoms with Gasteiger partial charge in [-0.3, -0.25) is 10.1 Å². The number of hydrogen-bond acceptors (Lipinski definition) is 5. The lowest BCUT2D eigenvalue weighted by molar-refractivity contribution is 0.0695. The van der Waals surface area contributed by atoms with Crippen LogP contribution in [-0.4, -0.2) is 33.2 Å². The molecule has 4 aromatic rings. The maximum Gasteiger partial charge on any atom is 0.341 e. The largest absolute Gasteiger partial charge is 0.477 e. The Morgan fingerprint density at radius 3 is 2.63 bits per heavy atom. The van der Waals surface area contributed by atoms with E-state index >= 15 is 0 Å². The number of aryl methyl sites for hydroxylation is 1. The van der Waals surface area contributed by atoms with Gasteiger partial charge in [0, 0.05) is 25.2 Å². The van der Waals surface area contributed by atoms with Crippen LogP contribution in [0.4, 0.5) is 9.93 Å². The number of thiazole rings is 1. The maximum atomic E-state index is 12.4. The average Bonchev–Trinajstić information content (AvgIpc) is 3.11. The van der Waals surface area contributed by atoms with Crippen molar-refractivity contribution in [1.29, 1.82) is 0 Å². The van der Waals surface area contributed by atoms with Gasteiger partial charge >= 0.3 is 12.0 Å². The zero-order valence-corrected chi connectivity index (χ0v) is 17.0. The van der Waals surface area contributed by atoms with Gasteiger partial charge in [0.1, 0.15) is 5.56 Å². The van der Waals surface area contributed by atoms with Gasteiger partial charge in [-0.2, -0.15) is 0 Å². The third-order valence-corrected chi connectivity index (χ3v) is 5.65. The summed E-state index contributed by atoms with van der Waals surface area (Å²) in [5.41, 5.74) is 2.40. The summed E-state index contributed by atoms with van der Waals surface area (Å²) >= 11 is 1.38. The molecule has 4 rings (SSSR count). The van der Waals surface area contributed by atoms with Crippen molar-refractivity contribution in [3.8, 4) is 11.1 Å². The standard InChI is InChI=1S/C21H18N4O4S/c1-3-22-20(29)24-21-23-15-8-11(5-7-17(15)30-21)12-4-6-13-16(9-12)25(2)10-14(18(13)26)19(27)28/h4-10H,3H2,1-2H3,(H,27,28)(H2,22,23,24,29). The summed E-state index contributed by atoms with van der Waals surface area (Å²) in [5.74, 6) is -1.24. The highest BCUT2D eigenvalue weighted by Gasteiger charge is 2.14. The number of carboxylic acids is 1. The molecule has 0 saturated carbocycles. The van der Waals surface area contributed by atoms with Crippen molar-refractivity contribution in [2.24, 2.45) is 7.05 Å². The Balaban J connectivity index is 1.75. The number of carboxylic acid groups (broad SMARTS) is 1. The minimum atomic E-state index is -1.24. The summed E-state index contributed by atoms with van der Waals surface area (Å²) < 4.78 is 2.57. The van der Waals surface area contributed by atoms with Gasteiger partial charge in [0.15, 0.2) is 5.13 Å². The Hall–Kier alpha value is -3.72. The second-order valence-electron chi connectivity index (χ2n) is 6.71. The number of rotatable bonds is 4. The number of nitrogens with zero attached hydrogens (tertiary/aromatic N) is 2. The van der Waals surface area contributed by atoms with Crippen molar-refractivity contribution in [3.05, 3.63) is 58.4 Å². The summed E-state index contributed by atoms with van der Waals surface area (Å²) in [4.78, 5) is 39.9. The third-order valence-electron chi connectivity index (χ3n) is 4.70. The van der Waals surface area contributed by atoms with E-state index < -0.39 is 11.4 Å². The van der Waals surface area contributed by atoms with Crippen LogP contribution in [0, 0.1) is 0 Å². The Bertz CT molecular complexity index is 1370. The van der Waals surface area contributed by atoms with Gasteiger partial charge in [-0.25, -0.2) is 14.6 Å². The maximum absolute atomic E-state index is 12.4. The van der Waals surface area contributed by atoms with Crippen molar-refractivity contribution < 1.29 is 14.7 Å².